The van der Waals surface area contributed by atoms with Crippen molar-refractivity contribution in [2.45, 2.75) is 26.2 Å². The highest BCUT2D eigenvalue weighted by Crippen LogP contribution is 2.11. The summed E-state index contributed by atoms with van der Waals surface area (Å²) >= 11 is 0. The molecule has 2 nitrogen and oxygen atoms in total. The van der Waals surface area contributed by atoms with Crippen LogP contribution >= 0.6 is 0 Å². The summed E-state index contributed by atoms with van der Waals surface area (Å²) < 4.78 is 0. The molecule has 0 fully saturated rings. The van der Waals surface area contributed by atoms with Gasteiger partial charge >= 0.3 is 5.97 Å². The van der Waals surface area contributed by atoms with Gasteiger partial charge in [-0.25, -0.2) is 0 Å². The van der Waals surface area contributed by atoms with E-state index in [0.29, 0.717) is 12.8 Å². The number of hydrogen-bond donors (Lipinski definition) is 1. The summed E-state index contributed by atoms with van der Waals surface area (Å²) in [5.41, 5.74) is 0. The van der Waals surface area contributed by atoms with Gasteiger partial charge in [0.2, 0.25) is 0 Å². The number of carboxylic acids is 1. The third-order valence-electron chi connectivity index (χ3n) is 1.63. The van der Waals surface area contributed by atoms with Crippen LogP contribution in [0.3, 0.4) is 0 Å². The fraction of sp³-hybridized carbons (Fsp3) is 0.556. The zero-order chi connectivity index (χ0) is 8.69. The summed E-state index contributed by atoms with van der Waals surface area (Å²) in [4.78, 5) is 10.5. The van der Waals surface area contributed by atoms with Crippen molar-refractivity contribution in [1.29, 1.82) is 0 Å². The van der Waals surface area contributed by atoms with Crippen molar-refractivity contribution in [3.8, 4) is 0 Å². The van der Waals surface area contributed by atoms with E-state index in [0.717, 1.165) is 6.42 Å². The zero-order valence-corrected chi connectivity index (χ0v) is 6.92. The molecule has 1 radical (unpaired) electrons. The first-order chi connectivity index (χ1) is 5.22. The average Bonchev–Trinajstić information content (AvgIpc) is 1.97. The molecule has 0 spiro atoms. The summed E-state index contributed by atoms with van der Waals surface area (Å²) in [6.07, 6.45) is 5.87. The van der Waals surface area contributed by atoms with Crippen LogP contribution in [0.25, 0.3) is 0 Å². The number of carbonyl (C=O) groups is 1. The first kappa shape index (κ1) is 10.2. The fourth-order valence-electron chi connectivity index (χ4n) is 0.857. The third kappa shape index (κ3) is 4.59. The largest absolute Gasteiger partial charge is 0.481 e. The van der Waals surface area contributed by atoms with Gasteiger partial charge in [0.05, 0.1) is 5.92 Å². The molecule has 0 aliphatic carbocycles. The van der Waals surface area contributed by atoms with Gasteiger partial charge < -0.3 is 5.11 Å². The van der Waals surface area contributed by atoms with E-state index in [2.05, 4.69) is 6.58 Å². The Hall–Kier alpha value is -0.790. The standard InChI is InChI=1S/C9H15O2/c1-3-5-6-7-8(4-2)9(10)11/h3,6,8H,1,4-5,7H2,2H3,(H,10,11). The molecule has 11 heavy (non-hydrogen) atoms. The molecule has 0 rings (SSSR count). The topological polar surface area (TPSA) is 37.3 Å². The van der Waals surface area contributed by atoms with Gasteiger partial charge in [-0.1, -0.05) is 13.0 Å². The molecule has 1 atom stereocenters. The first-order valence-electron chi connectivity index (χ1n) is 3.87. The minimum Gasteiger partial charge on any atom is -0.481 e. The van der Waals surface area contributed by atoms with Gasteiger partial charge in [0.25, 0.3) is 0 Å². The number of carboxylic acid groups (broad SMARTS) is 1. The maximum absolute atomic E-state index is 10.5. The van der Waals surface area contributed by atoms with Gasteiger partial charge in [0.1, 0.15) is 0 Å². The van der Waals surface area contributed by atoms with Gasteiger partial charge in [-0.05, 0) is 25.7 Å². The quantitative estimate of drug-likeness (QED) is 0.472. The van der Waals surface area contributed by atoms with E-state index in [1.54, 1.807) is 6.08 Å². The summed E-state index contributed by atoms with van der Waals surface area (Å²) in [6, 6.07) is 0. The van der Waals surface area contributed by atoms with Crippen LogP contribution in [0.1, 0.15) is 26.2 Å². The lowest BCUT2D eigenvalue weighted by atomic mass is 10.00. The van der Waals surface area contributed by atoms with Crippen molar-refractivity contribution in [3.05, 3.63) is 19.1 Å². The minimum atomic E-state index is -0.701. The van der Waals surface area contributed by atoms with E-state index in [4.69, 9.17) is 5.11 Å². The maximum Gasteiger partial charge on any atom is 0.306 e. The van der Waals surface area contributed by atoms with Crippen LogP contribution in [-0.4, -0.2) is 11.1 Å². The van der Waals surface area contributed by atoms with Crippen LogP contribution < -0.4 is 0 Å². The van der Waals surface area contributed by atoms with E-state index in [-0.39, 0.29) is 5.92 Å². The SMILES string of the molecule is C=CC[CH]CC(CC)C(=O)O. The van der Waals surface area contributed by atoms with Gasteiger partial charge in [-0.15, -0.1) is 6.58 Å². The van der Waals surface area contributed by atoms with E-state index in [1.807, 2.05) is 13.3 Å². The second-order valence-electron chi connectivity index (χ2n) is 2.49. The Balaban J connectivity index is 3.52. The van der Waals surface area contributed by atoms with Crippen molar-refractivity contribution in [2.24, 2.45) is 5.92 Å². The number of unbranched alkanes of at least 4 members (excludes halogenated alkanes) is 1. The number of allylic oxidation sites excluding steroid dienone is 1. The Morgan fingerprint density at radius 2 is 2.36 bits per heavy atom. The Morgan fingerprint density at radius 3 is 2.73 bits per heavy atom. The maximum atomic E-state index is 10.5. The van der Waals surface area contributed by atoms with Crippen LogP contribution in [0, 0.1) is 12.3 Å². The molecule has 0 bridgehead atoms. The van der Waals surface area contributed by atoms with Crippen molar-refractivity contribution in [1.82, 2.24) is 0 Å². The van der Waals surface area contributed by atoms with Gasteiger partial charge in [-0.2, -0.15) is 0 Å². The number of hydrogen-bond acceptors (Lipinski definition) is 1. The van der Waals surface area contributed by atoms with Gasteiger partial charge in [-0.3, -0.25) is 4.79 Å². The summed E-state index contributed by atoms with van der Waals surface area (Å²) in [5, 5.41) is 8.63. The number of aliphatic carboxylic acids is 1. The smallest absolute Gasteiger partial charge is 0.306 e. The first-order valence-corrected chi connectivity index (χ1v) is 3.87. The van der Waals surface area contributed by atoms with E-state index >= 15 is 0 Å². The van der Waals surface area contributed by atoms with E-state index in [1.165, 1.54) is 0 Å². The van der Waals surface area contributed by atoms with Crippen LogP contribution in [0.2, 0.25) is 0 Å². The van der Waals surface area contributed by atoms with E-state index < -0.39 is 5.97 Å². The lowest BCUT2D eigenvalue weighted by Crippen LogP contribution is -2.12. The molecule has 63 valence electrons. The normalized spacial score (nSPS) is 12.5. The minimum absolute atomic E-state index is 0.213. The molecule has 0 saturated heterocycles. The second kappa shape index (κ2) is 5.96. The zero-order valence-electron chi connectivity index (χ0n) is 6.92. The number of rotatable bonds is 6. The van der Waals surface area contributed by atoms with Crippen molar-refractivity contribution in [2.75, 3.05) is 0 Å². The molecule has 0 aromatic rings. The second-order valence-corrected chi connectivity index (χ2v) is 2.49. The molecule has 0 aliphatic heterocycles. The highest BCUT2D eigenvalue weighted by Gasteiger charge is 2.13. The lowest BCUT2D eigenvalue weighted by Gasteiger charge is -2.06. The molecule has 0 amide bonds. The summed E-state index contributed by atoms with van der Waals surface area (Å²) in [6.45, 7) is 5.44. The highest BCUT2D eigenvalue weighted by atomic mass is 16.4. The third-order valence-corrected chi connectivity index (χ3v) is 1.63. The predicted molar refractivity (Wildman–Crippen MR) is 45.1 cm³/mol. The molecule has 0 heterocycles. The molecule has 1 unspecified atom stereocenters. The van der Waals surface area contributed by atoms with Crippen LogP contribution in [0.15, 0.2) is 12.7 Å². The Kier molecular flexibility index (Phi) is 5.53. The fourth-order valence-corrected chi connectivity index (χ4v) is 0.857. The van der Waals surface area contributed by atoms with Crippen molar-refractivity contribution in [3.63, 3.8) is 0 Å². The van der Waals surface area contributed by atoms with E-state index in [9.17, 15) is 4.79 Å². The Bertz CT molecular complexity index is 130. The molecular weight excluding hydrogens is 140 g/mol. The van der Waals surface area contributed by atoms with Gasteiger partial charge in [0.15, 0.2) is 0 Å². The van der Waals surface area contributed by atoms with Crippen molar-refractivity contribution >= 4 is 5.97 Å². The Labute approximate surface area is 67.9 Å². The Morgan fingerprint density at radius 1 is 1.73 bits per heavy atom. The molecule has 0 aromatic carbocycles. The van der Waals surface area contributed by atoms with Gasteiger partial charge in [0, 0.05) is 0 Å². The molecular formula is C9H15O2. The monoisotopic (exact) mass is 155 g/mol. The highest BCUT2D eigenvalue weighted by molar-refractivity contribution is 5.69. The molecule has 0 saturated carbocycles. The lowest BCUT2D eigenvalue weighted by molar-refractivity contribution is -0.141. The molecule has 2 heteroatoms. The summed E-state index contributed by atoms with van der Waals surface area (Å²) in [7, 11) is 0. The molecule has 0 aromatic heterocycles. The van der Waals surface area contributed by atoms with Crippen LogP contribution in [0.4, 0.5) is 0 Å². The molecule has 1 N–H and O–H groups in total. The summed E-state index contributed by atoms with van der Waals surface area (Å²) in [5.74, 6) is -0.914. The van der Waals surface area contributed by atoms with Crippen molar-refractivity contribution < 1.29 is 9.90 Å². The predicted octanol–water partition coefficient (Wildman–Crippen LogP) is 2.27. The van der Waals surface area contributed by atoms with Crippen LogP contribution in [0.5, 0.6) is 0 Å². The molecule has 0 aliphatic rings. The average molecular weight is 155 g/mol. The van der Waals surface area contributed by atoms with Crippen LogP contribution in [-0.2, 0) is 4.79 Å².